The summed E-state index contributed by atoms with van der Waals surface area (Å²) in [6.07, 6.45) is 11.1. The van der Waals surface area contributed by atoms with Gasteiger partial charge in [0.25, 0.3) is 0 Å². The first-order valence-corrected chi connectivity index (χ1v) is 7.02. The topological polar surface area (TPSA) is 29.5 Å². The largest absolute Gasteiger partial charge is 0.371 e. The summed E-state index contributed by atoms with van der Waals surface area (Å²) >= 11 is 0. The van der Waals surface area contributed by atoms with Crippen LogP contribution in [0.5, 0.6) is 0 Å². The Morgan fingerprint density at radius 2 is 1.38 bits per heavy atom. The van der Waals surface area contributed by atoms with Crippen LogP contribution in [0.4, 0.5) is 0 Å². The number of hydrogen-bond donors (Lipinski definition) is 1. The molecule has 0 bridgehead atoms. The highest BCUT2D eigenvalue weighted by molar-refractivity contribution is 4.81. The molecule has 0 radical (unpaired) electrons. The van der Waals surface area contributed by atoms with Crippen LogP contribution in [-0.4, -0.2) is 18.0 Å². The molecule has 2 aliphatic rings. The van der Waals surface area contributed by atoms with Crippen LogP contribution < -0.4 is 0 Å². The molecule has 0 spiro atoms. The maximum absolute atomic E-state index is 8.74. The zero-order valence-electron chi connectivity index (χ0n) is 10.5. The second kappa shape index (κ2) is 6.02. The van der Waals surface area contributed by atoms with Crippen molar-refractivity contribution in [1.29, 1.82) is 0 Å². The van der Waals surface area contributed by atoms with E-state index in [0.717, 1.165) is 30.6 Å². The molecule has 0 aromatic carbocycles. The molecular weight excluding hydrogens is 200 g/mol. The van der Waals surface area contributed by atoms with E-state index in [-0.39, 0.29) is 6.79 Å². The van der Waals surface area contributed by atoms with Crippen molar-refractivity contribution in [3.05, 3.63) is 0 Å². The van der Waals surface area contributed by atoms with Crippen LogP contribution in [-0.2, 0) is 4.74 Å². The van der Waals surface area contributed by atoms with E-state index in [1.54, 1.807) is 0 Å². The molecule has 0 aromatic rings. The van der Waals surface area contributed by atoms with Crippen LogP contribution in [0.3, 0.4) is 0 Å². The van der Waals surface area contributed by atoms with Crippen molar-refractivity contribution in [3.8, 4) is 0 Å². The van der Waals surface area contributed by atoms with Crippen molar-refractivity contribution in [2.75, 3.05) is 6.79 Å². The molecule has 0 amide bonds. The van der Waals surface area contributed by atoms with E-state index in [2.05, 4.69) is 6.92 Å². The Kier molecular flexibility index (Phi) is 4.66. The van der Waals surface area contributed by atoms with Gasteiger partial charge in [-0.05, 0) is 56.3 Å². The maximum atomic E-state index is 8.74. The first-order chi connectivity index (χ1) is 7.79. The van der Waals surface area contributed by atoms with Crippen molar-refractivity contribution in [2.45, 2.75) is 64.4 Å². The number of aliphatic hydroxyl groups excluding tert-OH is 1. The number of ether oxygens (including phenoxy) is 1. The molecule has 2 fully saturated rings. The van der Waals surface area contributed by atoms with E-state index >= 15 is 0 Å². The highest BCUT2D eigenvalue weighted by Crippen LogP contribution is 2.40. The van der Waals surface area contributed by atoms with Gasteiger partial charge in [0.1, 0.15) is 6.79 Å². The monoisotopic (exact) mass is 226 g/mol. The van der Waals surface area contributed by atoms with Gasteiger partial charge < -0.3 is 9.84 Å². The predicted molar refractivity (Wildman–Crippen MR) is 65.0 cm³/mol. The third-order valence-corrected chi connectivity index (χ3v) is 4.76. The second-order valence-electron chi connectivity index (χ2n) is 5.85. The third kappa shape index (κ3) is 3.21. The van der Waals surface area contributed by atoms with E-state index in [1.165, 1.54) is 38.5 Å². The molecule has 2 heteroatoms. The van der Waals surface area contributed by atoms with E-state index in [4.69, 9.17) is 9.84 Å². The fourth-order valence-electron chi connectivity index (χ4n) is 3.59. The van der Waals surface area contributed by atoms with Gasteiger partial charge >= 0.3 is 0 Å². The van der Waals surface area contributed by atoms with Gasteiger partial charge in [-0.3, -0.25) is 0 Å². The third-order valence-electron chi connectivity index (χ3n) is 4.76. The van der Waals surface area contributed by atoms with Crippen LogP contribution in [0.2, 0.25) is 0 Å². The molecule has 16 heavy (non-hydrogen) atoms. The summed E-state index contributed by atoms with van der Waals surface area (Å²) in [6.45, 7) is 2.29. The molecule has 0 unspecified atom stereocenters. The Labute approximate surface area is 99.4 Å². The standard InChI is InChI=1S/C14H26O2/c1-11-2-4-12(5-3-11)13-6-8-14(9-7-13)16-10-15/h11-15H,2-10H2,1H3. The predicted octanol–water partition coefficient (Wildman–Crippen LogP) is 3.34. The Morgan fingerprint density at radius 3 is 1.88 bits per heavy atom. The summed E-state index contributed by atoms with van der Waals surface area (Å²) < 4.78 is 5.29. The molecule has 2 aliphatic carbocycles. The molecular formula is C14H26O2. The SMILES string of the molecule is CC1CCC(C2CCC(OCO)CC2)CC1. The van der Waals surface area contributed by atoms with Gasteiger partial charge in [0.15, 0.2) is 0 Å². The molecule has 2 saturated carbocycles. The fraction of sp³-hybridized carbons (Fsp3) is 1.00. The highest BCUT2D eigenvalue weighted by Gasteiger charge is 2.29. The van der Waals surface area contributed by atoms with Crippen LogP contribution in [0, 0.1) is 17.8 Å². The smallest absolute Gasteiger partial charge is 0.143 e. The van der Waals surface area contributed by atoms with Gasteiger partial charge in [0.05, 0.1) is 6.10 Å². The minimum Gasteiger partial charge on any atom is -0.371 e. The molecule has 0 atom stereocenters. The molecule has 0 aliphatic heterocycles. The van der Waals surface area contributed by atoms with Crippen molar-refractivity contribution < 1.29 is 9.84 Å². The van der Waals surface area contributed by atoms with Crippen molar-refractivity contribution in [1.82, 2.24) is 0 Å². The van der Waals surface area contributed by atoms with Crippen molar-refractivity contribution >= 4 is 0 Å². The lowest BCUT2D eigenvalue weighted by atomic mass is 9.71. The van der Waals surface area contributed by atoms with Gasteiger partial charge in [-0.15, -0.1) is 0 Å². The summed E-state index contributed by atoms with van der Waals surface area (Å²) in [6, 6.07) is 0. The molecule has 0 saturated heterocycles. The van der Waals surface area contributed by atoms with Gasteiger partial charge in [-0.25, -0.2) is 0 Å². The summed E-state index contributed by atoms with van der Waals surface area (Å²) in [5, 5.41) is 8.74. The molecule has 1 N–H and O–H groups in total. The van der Waals surface area contributed by atoms with Gasteiger partial charge in [0, 0.05) is 0 Å². The Balaban J connectivity index is 1.72. The minimum atomic E-state index is -0.101. The minimum absolute atomic E-state index is 0.101. The summed E-state index contributed by atoms with van der Waals surface area (Å²) in [4.78, 5) is 0. The van der Waals surface area contributed by atoms with Gasteiger partial charge in [-0.1, -0.05) is 19.8 Å². The fourth-order valence-corrected chi connectivity index (χ4v) is 3.59. The second-order valence-corrected chi connectivity index (χ2v) is 5.85. The number of hydrogen-bond acceptors (Lipinski definition) is 2. The lowest BCUT2D eigenvalue weighted by molar-refractivity contribution is -0.0707. The van der Waals surface area contributed by atoms with E-state index in [9.17, 15) is 0 Å². The van der Waals surface area contributed by atoms with E-state index in [1.807, 2.05) is 0 Å². The number of aliphatic hydroxyl groups is 1. The zero-order valence-corrected chi connectivity index (χ0v) is 10.5. The Bertz CT molecular complexity index is 189. The summed E-state index contributed by atoms with van der Waals surface area (Å²) in [5.41, 5.74) is 0. The molecule has 2 rings (SSSR count). The van der Waals surface area contributed by atoms with Crippen molar-refractivity contribution in [2.24, 2.45) is 17.8 Å². The Morgan fingerprint density at radius 1 is 0.875 bits per heavy atom. The highest BCUT2D eigenvalue weighted by atomic mass is 16.6. The lowest BCUT2D eigenvalue weighted by Gasteiger charge is -2.37. The molecule has 0 aromatic heterocycles. The lowest BCUT2D eigenvalue weighted by Crippen LogP contribution is -2.28. The van der Waals surface area contributed by atoms with E-state index in [0.29, 0.717) is 6.10 Å². The van der Waals surface area contributed by atoms with Crippen molar-refractivity contribution in [3.63, 3.8) is 0 Å². The quantitative estimate of drug-likeness (QED) is 0.748. The van der Waals surface area contributed by atoms with Crippen LogP contribution >= 0.6 is 0 Å². The normalized spacial score (nSPS) is 40.9. The molecule has 0 heterocycles. The van der Waals surface area contributed by atoms with E-state index < -0.39 is 0 Å². The first-order valence-electron chi connectivity index (χ1n) is 7.02. The number of rotatable bonds is 3. The zero-order chi connectivity index (χ0) is 11.4. The molecule has 2 nitrogen and oxygen atoms in total. The summed E-state index contributed by atoms with van der Waals surface area (Å²) in [5.74, 6) is 2.91. The van der Waals surface area contributed by atoms with Crippen LogP contribution in [0.15, 0.2) is 0 Å². The molecule has 94 valence electrons. The van der Waals surface area contributed by atoms with Gasteiger partial charge in [-0.2, -0.15) is 0 Å². The Hall–Kier alpha value is -0.0800. The van der Waals surface area contributed by atoms with Crippen LogP contribution in [0.1, 0.15) is 58.3 Å². The summed E-state index contributed by atoms with van der Waals surface area (Å²) in [7, 11) is 0. The average molecular weight is 226 g/mol. The van der Waals surface area contributed by atoms with Gasteiger partial charge in [0.2, 0.25) is 0 Å². The first kappa shape index (κ1) is 12.4. The average Bonchev–Trinajstić information content (AvgIpc) is 2.32. The van der Waals surface area contributed by atoms with Crippen LogP contribution in [0.25, 0.3) is 0 Å². The maximum Gasteiger partial charge on any atom is 0.143 e.